The number of para-hydroxylation sites is 1. The van der Waals surface area contributed by atoms with Crippen molar-refractivity contribution >= 4 is 20.7 Å². The van der Waals surface area contributed by atoms with Crippen LogP contribution in [-0.4, -0.2) is 20.7 Å². The number of ether oxygens (including phenoxy) is 1. The van der Waals surface area contributed by atoms with Gasteiger partial charge in [-0.25, -0.2) is 0 Å². The van der Waals surface area contributed by atoms with Crippen molar-refractivity contribution in [3.8, 4) is 5.75 Å². The van der Waals surface area contributed by atoms with Gasteiger partial charge < -0.3 is 0 Å². The van der Waals surface area contributed by atoms with Crippen molar-refractivity contribution in [2.45, 2.75) is 9.32 Å². The summed E-state index contributed by atoms with van der Waals surface area (Å²) < 4.78 is 5.82. The summed E-state index contributed by atoms with van der Waals surface area (Å²) in [6.45, 7) is 0. The number of carbonyl (C=O) groups is 1. The number of ketones is 1. The van der Waals surface area contributed by atoms with Crippen LogP contribution in [0.4, 0.5) is 0 Å². The standard InChI is InChI=1S/C15H10O2Se/c16-13-11-8-4-5-9-12(11)17-15(14(13)18-15)10-6-2-1-3-7-10/h1-9,14H. The number of hydrogen-bond donors (Lipinski definition) is 0. The maximum atomic E-state index is 12.4. The van der Waals surface area contributed by atoms with Gasteiger partial charge in [-0.15, -0.1) is 0 Å². The molecule has 0 radical (unpaired) electrons. The molecule has 0 saturated carbocycles. The zero-order valence-electron chi connectivity index (χ0n) is 9.50. The first-order valence-corrected chi connectivity index (χ1v) is 7.71. The van der Waals surface area contributed by atoms with Gasteiger partial charge in [0.25, 0.3) is 0 Å². The van der Waals surface area contributed by atoms with E-state index in [1.54, 1.807) is 0 Å². The van der Waals surface area contributed by atoms with Crippen LogP contribution in [0.15, 0.2) is 54.6 Å². The molecule has 0 bridgehead atoms. The molecule has 2 aromatic carbocycles. The predicted molar refractivity (Wildman–Crippen MR) is 69.0 cm³/mol. The number of carbonyl (C=O) groups excluding carboxylic acids is 1. The van der Waals surface area contributed by atoms with Crippen molar-refractivity contribution in [2.24, 2.45) is 0 Å². The van der Waals surface area contributed by atoms with Gasteiger partial charge in [0.15, 0.2) is 0 Å². The fraction of sp³-hybridized carbons (Fsp3) is 0.133. The molecule has 2 aliphatic heterocycles. The quantitative estimate of drug-likeness (QED) is 0.757. The Morgan fingerprint density at radius 1 is 1.00 bits per heavy atom. The second-order valence-corrected chi connectivity index (χ2v) is 7.25. The average Bonchev–Trinajstić information content (AvgIpc) is 3.16. The van der Waals surface area contributed by atoms with Crippen LogP contribution in [-0.2, 0) is 4.50 Å². The van der Waals surface area contributed by atoms with E-state index >= 15 is 0 Å². The molecule has 1 saturated heterocycles. The Balaban J connectivity index is 1.84. The molecular weight excluding hydrogens is 291 g/mol. The average molecular weight is 301 g/mol. The van der Waals surface area contributed by atoms with Crippen LogP contribution in [0.25, 0.3) is 0 Å². The van der Waals surface area contributed by atoms with Gasteiger partial charge in [-0.3, -0.25) is 0 Å². The van der Waals surface area contributed by atoms with E-state index < -0.39 is 0 Å². The van der Waals surface area contributed by atoms with E-state index in [2.05, 4.69) is 12.1 Å². The fourth-order valence-corrected chi connectivity index (χ4v) is 5.01. The third-order valence-corrected chi connectivity index (χ3v) is 6.42. The number of benzene rings is 2. The minimum atomic E-state index is -0.334. The Kier molecular flexibility index (Phi) is 2.00. The number of Topliss-reactive ketones (excluding diaryl/α,β-unsaturated/α-hetero) is 1. The molecule has 2 aliphatic rings. The van der Waals surface area contributed by atoms with Gasteiger partial charge in [0.05, 0.1) is 0 Å². The molecule has 88 valence electrons. The second-order valence-electron chi connectivity index (χ2n) is 4.49. The van der Waals surface area contributed by atoms with Gasteiger partial charge in [-0.1, -0.05) is 0 Å². The summed E-state index contributed by atoms with van der Waals surface area (Å²) in [6.07, 6.45) is 0. The van der Waals surface area contributed by atoms with E-state index in [0.29, 0.717) is 0 Å². The van der Waals surface area contributed by atoms with Crippen LogP contribution in [0, 0.1) is 0 Å². The summed E-state index contributed by atoms with van der Waals surface area (Å²) in [6, 6.07) is 17.7. The molecule has 2 aromatic rings. The molecule has 2 unspecified atom stereocenters. The first kappa shape index (κ1) is 10.4. The van der Waals surface area contributed by atoms with E-state index in [1.165, 1.54) is 0 Å². The fourth-order valence-electron chi connectivity index (χ4n) is 2.46. The van der Waals surface area contributed by atoms with E-state index in [1.807, 2.05) is 42.5 Å². The summed E-state index contributed by atoms with van der Waals surface area (Å²) in [5.41, 5.74) is 1.88. The molecule has 0 aliphatic carbocycles. The molecule has 1 fully saturated rings. The molecule has 0 spiro atoms. The number of fused-ring (bicyclic) bond motifs is 2. The third kappa shape index (κ3) is 1.26. The molecule has 2 nitrogen and oxygen atoms in total. The maximum absolute atomic E-state index is 12.4. The van der Waals surface area contributed by atoms with Crippen LogP contribution in [0.2, 0.25) is 4.82 Å². The van der Waals surface area contributed by atoms with Crippen molar-refractivity contribution in [2.75, 3.05) is 0 Å². The summed E-state index contributed by atoms with van der Waals surface area (Å²) >= 11 is 0.199. The topological polar surface area (TPSA) is 26.3 Å². The predicted octanol–water partition coefficient (Wildman–Crippen LogP) is 2.62. The van der Waals surface area contributed by atoms with E-state index in [0.717, 1.165) is 16.9 Å². The van der Waals surface area contributed by atoms with E-state index in [9.17, 15) is 4.79 Å². The molecular formula is C15H10O2Se. The van der Waals surface area contributed by atoms with Gasteiger partial charge in [-0.05, 0) is 0 Å². The van der Waals surface area contributed by atoms with Crippen LogP contribution >= 0.6 is 0 Å². The van der Waals surface area contributed by atoms with Crippen LogP contribution < -0.4 is 4.74 Å². The Labute approximate surface area is 111 Å². The number of rotatable bonds is 1. The van der Waals surface area contributed by atoms with Gasteiger partial charge in [0.2, 0.25) is 0 Å². The Morgan fingerprint density at radius 2 is 1.72 bits per heavy atom. The van der Waals surface area contributed by atoms with Crippen LogP contribution in [0.1, 0.15) is 15.9 Å². The zero-order valence-corrected chi connectivity index (χ0v) is 11.2. The first-order chi connectivity index (χ1) is 8.81. The Bertz CT molecular complexity index is 638. The minimum absolute atomic E-state index is 0.0577. The Morgan fingerprint density at radius 3 is 2.56 bits per heavy atom. The summed E-state index contributed by atoms with van der Waals surface area (Å²) in [5, 5.41) is 0. The molecule has 0 aromatic heterocycles. The van der Waals surface area contributed by atoms with Gasteiger partial charge in [0.1, 0.15) is 0 Å². The summed E-state index contributed by atoms with van der Waals surface area (Å²) in [5.74, 6) is 0.989. The summed E-state index contributed by atoms with van der Waals surface area (Å²) in [4.78, 5) is 12.4. The first-order valence-electron chi connectivity index (χ1n) is 5.87. The molecule has 4 rings (SSSR count). The van der Waals surface area contributed by atoms with Crippen LogP contribution in [0.5, 0.6) is 5.75 Å². The molecule has 2 atom stereocenters. The van der Waals surface area contributed by atoms with Crippen molar-refractivity contribution in [3.63, 3.8) is 0 Å². The van der Waals surface area contributed by atoms with Crippen molar-refractivity contribution in [1.82, 2.24) is 0 Å². The van der Waals surface area contributed by atoms with E-state index in [-0.39, 0.29) is 30.1 Å². The Hall–Kier alpha value is -1.57. The molecule has 0 N–H and O–H groups in total. The van der Waals surface area contributed by atoms with Gasteiger partial charge in [0, 0.05) is 0 Å². The molecule has 2 heterocycles. The second kappa shape index (κ2) is 3.47. The van der Waals surface area contributed by atoms with Crippen LogP contribution in [0.3, 0.4) is 0 Å². The van der Waals surface area contributed by atoms with Gasteiger partial charge >= 0.3 is 111 Å². The number of hydrogen-bond acceptors (Lipinski definition) is 2. The molecule has 18 heavy (non-hydrogen) atoms. The van der Waals surface area contributed by atoms with E-state index in [4.69, 9.17) is 4.74 Å². The SMILES string of the molecule is O=C1c2ccccc2OC2(c3ccccc3)[Se]C12. The third-order valence-electron chi connectivity index (χ3n) is 3.41. The normalized spacial score (nSPS) is 28.0. The van der Waals surface area contributed by atoms with Crippen molar-refractivity contribution in [1.29, 1.82) is 0 Å². The van der Waals surface area contributed by atoms with Crippen molar-refractivity contribution < 1.29 is 9.53 Å². The van der Waals surface area contributed by atoms with Crippen molar-refractivity contribution in [3.05, 3.63) is 65.7 Å². The monoisotopic (exact) mass is 302 g/mol. The molecule has 0 amide bonds. The molecule has 3 heteroatoms. The summed E-state index contributed by atoms with van der Waals surface area (Å²) in [7, 11) is 0. The zero-order chi connectivity index (χ0) is 12.2. The van der Waals surface area contributed by atoms with Gasteiger partial charge in [-0.2, -0.15) is 0 Å².